The molecule has 0 aliphatic heterocycles. The number of nitrogen functional groups attached to an aromatic ring is 1. The molecule has 2 aromatic carbocycles. The first kappa shape index (κ1) is 38.0. The highest BCUT2D eigenvalue weighted by molar-refractivity contribution is 7.17. The topological polar surface area (TPSA) is 117 Å². The number of nitrogens with two attached hydrogens (primary N) is 1. The molecule has 1 unspecified atom stereocenters. The molecule has 0 aliphatic carbocycles. The molecular weight excluding hydrogens is 575 g/mol. The number of unbranched alkanes of at least 4 members (excludes halogenated alkanes) is 2. The molecule has 1 atom stereocenters. The van der Waals surface area contributed by atoms with Crippen LogP contribution in [-0.2, 0) is 16.0 Å². The van der Waals surface area contributed by atoms with E-state index in [4.69, 9.17) is 10.8 Å². The molecule has 0 saturated heterocycles. The zero-order valence-corrected chi connectivity index (χ0v) is 26.9. The van der Waals surface area contributed by atoms with Gasteiger partial charge >= 0.3 is 5.97 Å². The van der Waals surface area contributed by atoms with Gasteiger partial charge in [0.05, 0.1) is 13.0 Å². The molecule has 1 amide bonds. The largest absolute Gasteiger partial charge is 0.481 e. The van der Waals surface area contributed by atoms with E-state index < -0.39 is 5.97 Å². The zero-order chi connectivity index (χ0) is 30.7. The third-order valence-electron chi connectivity index (χ3n) is 4.88. The van der Waals surface area contributed by atoms with E-state index in [0.717, 1.165) is 34.3 Å². The van der Waals surface area contributed by atoms with Gasteiger partial charge in [0.15, 0.2) is 0 Å². The molecule has 2 heterocycles. The lowest BCUT2D eigenvalue weighted by molar-refractivity contribution is -0.136. The number of carboxylic acid groups (broad SMARTS) is 1. The number of para-hydroxylation sites is 1. The van der Waals surface area contributed by atoms with Gasteiger partial charge < -0.3 is 21.5 Å². The summed E-state index contributed by atoms with van der Waals surface area (Å²) in [4.78, 5) is 26.0. The van der Waals surface area contributed by atoms with E-state index in [2.05, 4.69) is 50.3 Å². The van der Waals surface area contributed by atoms with E-state index in [-0.39, 0.29) is 12.3 Å². The van der Waals surface area contributed by atoms with Crippen molar-refractivity contribution in [2.45, 2.75) is 39.5 Å². The maximum Gasteiger partial charge on any atom is 0.307 e. The number of carbonyl (C=O) groups is 2. The summed E-state index contributed by atoms with van der Waals surface area (Å²) in [5, 5.41) is 17.5. The Kier molecular flexibility index (Phi) is 24.0. The Morgan fingerprint density at radius 3 is 2.17 bits per heavy atom. The maximum atomic E-state index is 11.4. The molecule has 4 rings (SSSR count). The number of thiophene rings is 1. The highest BCUT2D eigenvalue weighted by atomic mass is 35.5. The smallest absolute Gasteiger partial charge is 0.307 e. The highest BCUT2D eigenvalue weighted by Crippen LogP contribution is 2.25. The van der Waals surface area contributed by atoms with Crippen LogP contribution in [0.15, 0.2) is 84.4 Å². The number of aliphatic carboxylic acids is 1. The molecule has 0 radical (unpaired) electrons. The molecule has 41 heavy (non-hydrogen) atoms. The second-order valence-corrected chi connectivity index (χ2v) is 10.0. The number of aromatic nitrogens is 1. The van der Waals surface area contributed by atoms with Crippen LogP contribution in [0.2, 0.25) is 0 Å². The summed E-state index contributed by atoms with van der Waals surface area (Å²) in [5.41, 5.74) is 7.09. The van der Waals surface area contributed by atoms with Crippen LogP contribution in [0.25, 0.3) is 10.1 Å². The van der Waals surface area contributed by atoms with Crippen molar-refractivity contribution in [3.63, 3.8) is 0 Å². The number of anilines is 2. The molecule has 7 nitrogen and oxygen atoms in total. The number of fused-ring (bicyclic) bond motifs is 1. The van der Waals surface area contributed by atoms with E-state index in [0.29, 0.717) is 12.4 Å². The number of carbonyl (C=O) groups excluding carboxylic acids is 1. The minimum atomic E-state index is -0.774. The van der Waals surface area contributed by atoms with Crippen LogP contribution < -0.4 is 16.4 Å². The van der Waals surface area contributed by atoms with Gasteiger partial charge in [-0.05, 0) is 65.8 Å². The van der Waals surface area contributed by atoms with Gasteiger partial charge in [0, 0.05) is 23.0 Å². The first-order valence-electron chi connectivity index (χ1n) is 13.4. The number of hydrogen-bond acceptors (Lipinski definition) is 6. The quantitative estimate of drug-likeness (QED) is 0.0675. The van der Waals surface area contributed by atoms with Crippen LogP contribution in [0.4, 0.5) is 11.5 Å². The summed E-state index contributed by atoms with van der Waals surface area (Å²) in [6.45, 7) is 5.49. The summed E-state index contributed by atoms with van der Waals surface area (Å²) in [6.07, 6.45) is 7.93. The van der Waals surface area contributed by atoms with Crippen molar-refractivity contribution in [2.75, 3.05) is 36.7 Å². The molecule has 0 bridgehead atoms. The molecule has 0 spiro atoms. The Morgan fingerprint density at radius 1 is 0.976 bits per heavy atom. The van der Waals surface area contributed by atoms with Crippen LogP contribution in [0.1, 0.15) is 38.7 Å². The molecule has 224 valence electrons. The van der Waals surface area contributed by atoms with Gasteiger partial charge in [-0.15, -0.1) is 32.2 Å². The minimum absolute atomic E-state index is 0.0461. The van der Waals surface area contributed by atoms with Gasteiger partial charge in [0.25, 0.3) is 0 Å². The number of carboxylic acids is 1. The van der Waals surface area contributed by atoms with Crippen molar-refractivity contribution in [1.82, 2.24) is 10.3 Å². The van der Waals surface area contributed by atoms with Crippen molar-refractivity contribution in [1.29, 1.82) is 0 Å². The van der Waals surface area contributed by atoms with Crippen LogP contribution in [-0.4, -0.2) is 47.6 Å². The van der Waals surface area contributed by atoms with E-state index in [9.17, 15) is 9.59 Å². The van der Waals surface area contributed by atoms with Crippen molar-refractivity contribution >= 4 is 65.6 Å². The predicted molar refractivity (Wildman–Crippen MR) is 181 cm³/mol. The fourth-order valence-electron chi connectivity index (χ4n) is 3.11. The van der Waals surface area contributed by atoms with Crippen molar-refractivity contribution in [3.8, 4) is 0 Å². The number of alkyl halides is 1. The highest BCUT2D eigenvalue weighted by Gasteiger charge is 2.06. The van der Waals surface area contributed by atoms with Crippen LogP contribution in [0.3, 0.4) is 0 Å². The van der Waals surface area contributed by atoms with E-state index in [1.165, 1.54) is 25.4 Å². The minimum Gasteiger partial charge on any atom is -0.481 e. The number of halogens is 1. The van der Waals surface area contributed by atoms with Crippen molar-refractivity contribution in [2.24, 2.45) is 0 Å². The number of amides is 1. The summed E-state index contributed by atoms with van der Waals surface area (Å²) in [7, 11) is 2.58. The lowest BCUT2D eigenvalue weighted by Crippen LogP contribution is -2.29. The Morgan fingerprint density at radius 2 is 1.61 bits per heavy atom. The molecule has 2 aromatic heterocycles. The molecule has 0 aliphatic rings. The summed E-state index contributed by atoms with van der Waals surface area (Å²) < 4.78 is 1.15. The Bertz CT molecular complexity index is 1200. The average Bonchev–Trinajstić information content (AvgIpc) is 3.38. The van der Waals surface area contributed by atoms with Crippen LogP contribution >= 0.6 is 32.2 Å². The Hall–Kier alpha value is -3.03. The monoisotopic (exact) mass is 618 g/mol. The van der Waals surface area contributed by atoms with Gasteiger partial charge in [0.2, 0.25) is 5.91 Å². The Labute approximate surface area is 256 Å². The third kappa shape index (κ3) is 19.6. The number of nitrogens with zero attached hydrogens (tertiary/aromatic N) is 1. The van der Waals surface area contributed by atoms with Gasteiger partial charge in [-0.1, -0.05) is 69.2 Å². The number of benzene rings is 2. The van der Waals surface area contributed by atoms with Gasteiger partial charge in [-0.3, -0.25) is 9.59 Å². The van der Waals surface area contributed by atoms with Crippen molar-refractivity contribution < 1.29 is 14.7 Å². The summed E-state index contributed by atoms with van der Waals surface area (Å²) in [6, 6.07) is 22.8. The summed E-state index contributed by atoms with van der Waals surface area (Å²) >= 11 is 6.23. The summed E-state index contributed by atoms with van der Waals surface area (Å²) in [5.74, 6) is -0.221. The average molecular weight is 619 g/mol. The fraction of sp³-hybridized carbons (Fsp3) is 0.323. The third-order valence-corrected chi connectivity index (χ3v) is 5.89. The van der Waals surface area contributed by atoms with Crippen LogP contribution in [0, 0.1) is 0 Å². The SMILES string of the molecule is CCCCCNCC(=O)Nc1ccccn1.CCP.CCl.Nc1ccccc1.O=C(O)Cc1csc2ccccc12. The predicted octanol–water partition coefficient (Wildman–Crippen LogP) is 7.33. The van der Waals surface area contributed by atoms with Gasteiger partial charge in [-0.2, -0.15) is 0 Å². The molecule has 10 heteroatoms. The number of rotatable bonds is 9. The lowest BCUT2D eigenvalue weighted by atomic mass is 10.1. The fourth-order valence-corrected chi connectivity index (χ4v) is 4.07. The number of nitrogens with one attached hydrogen (secondary N) is 2. The second-order valence-electron chi connectivity index (χ2n) is 8.29. The van der Waals surface area contributed by atoms with Gasteiger partial charge in [-0.25, -0.2) is 4.98 Å². The van der Waals surface area contributed by atoms with E-state index in [1.807, 2.05) is 72.1 Å². The zero-order valence-electron chi connectivity index (χ0n) is 24.2. The van der Waals surface area contributed by atoms with Crippen LogP contribution in [0.5, 0.6) is 0 Å². The molecular formula is C31H44ClN4O3PS. The molecule has 5 N–H and O–H groups in total. The lowest BCUT2D eigenvalue weighted by Gasteiger charge is -2.05. The maximum absolute atomic E-state index is 11.4. The molecule has 0 saturated carbocycles. The molecule has 0 fully saturated rings. The van der Waals surface area contributed by atoms with Gasteiger partial charge in [0.1, 0.15) is 5.82 Å². The van der Waals surface area contributed by atoms with E-state index >= 15 is 0 Å². The molecule has 4 aromatic rings. The first-order valence-corrected chi connectivity index (χ1v) is 15.8. The second kappa shape index (κ2) is 25.9. The number of pyridine rings is 1. The number of hydrogen-bond donors (Lipinski definition) is 4. The Balaban J connectivity index is 0.000000570. The normalized spacial score (nSPS) is 9.29. The first-order chi connectivity index (χ1) is 19.9. The van der Waals surface area contributed by atoms with E-state index in [1.54, 1.807) is 23.6 Å². The van der Waals surface area contributed by atoms with Crippen molar-refractivity contribution in [3.05, 3.63) is 89.9 Å². The standard InChI is InChI=1S/C12H19N3O.C10H8O2S.C6H7N.C2H7P.CH3Cl/c1-2-3-5-8-13-10-12(16)15-11-7-4-6-9-14-11;11-10(12)5-7-6-13-9-4-2-1-3-8(7)9;7-6-4-2-1-3-5-6;1-2-3;1-2/h4,6-7,9,13H,2-3,5,8,10H2,1H3,(H,14,15,16);1-4,6H,5H2,(H,11,12);1-5H,7H2;2-3H2,1H3;1H3.